The van der Waals surface area contributed by atoms with Crippen LogP contribution < -0.4 is 11.1 Å². The summed E-state index contributed by atoms with van der Waals surface area (Å²) in [6.45, 7) is 14.0. The SMILES string of the molecule is CC(C)CCCC(C)C1CCC2C3CC=C4CC(OC(=O)CSSCC(=O)NCCCCCCN)CCC4(C)C3CCC12C.Cl. The Bertz CT molecular complexity index is 979. The van der Waals surface area contributed by atoms with Crippen LogP contribution in [0.4, 0.5) is 0 Å². The number of esters is 1. The van der Waals surface area contributed by atoms with Gasteiger partial charge in [0, 0.05) is 13.0 Å². The number of allylic oxidation sites excluding steroid dienone is 1. The van der Waals surface area contributed by atoms with Crippen LogP contribution in [-0.4, -0.2) is 42.6 Å². The molecule has 0 spiro atoms. The second-order valence-electron chi connectivity index (χ2n) is 15.7. The zero-order valence-corrected chi connectivity index (χ0v) is 31.5. The lowest BCUT2D eigenvalue weighted by molar-refractivity contribution is -0.148. The minimum atomic E-state index is -0.140. The molecule has 4 aliphatic rings. The standard InChI is InChI=1S/C37H64N2O3S2.ClH/c1-26(2)11-10-12-27(3)31-15-16-32-30-14-13-28-23-29(17-19-36(28,4)33(30)18-20-37(31,32)5)42-35(41)25-44-43-24-34(40)39-22-9-7-6-8-21-38;/h13,26-27,29-33H,6-12,14-25,38H2,1-5H3,(H,39,40);1H. The molecule has 3 N–H and O–H groups in total. The maximum absolute atomic E-state index is 12.7. The summed E-state index contributed by atoms with van der Waals surface area (Å²) in [5, 5.41) is 2.97. The van der Waals surface area contributed by atoms with Gasteiger partial charge < -0.3 is 15.8 Å². The number of nitrogens with two attached hydrogens (primary N) is 1. The number of hydrogen-bond acceptors (Lipinski definition) is 6. The van der Waals surface area contributed by atoms with Crippen molar-refractivity contribution >= 4 is 45.9 Å². The molecule has 4 aliphatic carbocycles. The highest BCUT2D eigenvalue weighted by Gasteiger charge is 2.59. The Labute approximate surface area is 289 Å². The molecule has 8 atom stereocenters. The van der Waals surface area contributed by atoms with E-state index in [4.69, 9.17) is 10.5 Å². The van der Waals surface area contributed by atoms with Crippen LogP contribution in [0.2, 0.25) is 0 Å². The summed E-state index contributed by atoms with van der Waals surface area (Å²) < 4.78 is 5.99. The minimum Gasteiger partial charge on any atom is -0.461 e. The average Bonchev–Trinajstić information content (AvgIpc) is 3.34. The molecule has 8 unspecified atom stereocenters. The summed E-state index contributed by atoms with van der Waals surface area (Å²) in [7, 11) is 2.88. The lowest BCUT2D eigenvalue weighted by Crippen LogP contribution is -2.51. The van der Waals surface area contributed by atoms with Crippen molar-refractivity contribution in [1.29, 1.82) is 0 Å². The first-order valence-electron chi connectivity index (χ1n) is 18.2. The predicted octanol–water partition coefficient (Wildman–Crippen LogP) is 9.38. The van der Waals surface area contributed by atoms with Crippen LogP contribution in [0, 0.1) is 46.3 Å². The summed E-state index contributed by atoms with van der Waals surface area (Å²) >= 11 is 0. The van der Waals surface area contributed by atoms with Crippen molar-refractivity contribution in [3.63, 3.8) is 0 Å². The number of carbonyl (C=O) groups excluding carboxylic acids is 2. The minimum absolute atomic E-state index is 0. The molecule has 0 bridgehead atoms. The molecule has 8 heteroatoms. The van der Waals surface area contributed by atoms with Crippen LogP contribution in [0.3, 0.4) is 0 Å². The van der Waals surface area contributed by atoms with E-state index in [9.17, 15) is 9.59 Å². The van der Waals surface area contributed by atoms with Crippen molar-refractivity contribution in [2.24, 2.45) is 52.1 Å². The van der Waals surface area contributed by atoms with E-state index in [1.165, 1.54) is 73.0 Å². The van der Waals surface area contributed by atoms with Crippen LogP contribution >= 0.6 is 34.0 Å². The van der Waals surface area contributed by atoms with E-state index in [-0.39, 0.29) is 35.8 Å². The summed E-state index contributed by atoms with van der Waals surface area (Å²) in [6.07, 6.45) is 20.9. The monoisotopic (exact) mass is 684 g/mol. The number of nitrogens with one attached hydrogen (secondary N) is 1. The first kappa shape index (κ1) is 39.1. The van der Waals surface area contributed by atoms with E-state index in [1.807, 2.05) is 0 Å². The summed E-state index contributed by atoms with van der Waals surface area (Å²) in [6, 6.07) is 0. The third kappa shape index (κ3) is 10.1. The predicted molar refractivity (Wildman–Crippen MR) is 196 cm³/mol. The van der Waals surface area contributed by atoms with Gasteiger partial charge >= 0.3 is 5.97 Å². The Kier molecular flexibility index (Phi) is 16.0. The molecule has 0 saturated heterocycles. The van der Waals surface area contributed by atoms with Gasteiger partial charge in [-0.25, -0.2) is 0 Å². The van der Waals surface area contributed by atoms with E-state index in [0.717, 1.165) is 87.0 Å². The number of halogens is 1. The van der Waals surface area contributed by atoms with Crippen LogP contribution in [0.15, 0.2) is 11.6 Å². The lowest BCUT2D eigenvalue weighted by atomic mass is 9.47. The second kappa shape index (κ2) is 18.4. The summed E-state index contributed by atoms with van der Waals surface area (Å²) in [4.78, 5) is 24.7. The Hall–Kier alpha value is -0.370. The highest BCUT2D eigenvalue weighted by Crippen LogP contribution is 2.67. The maximum atomic E-state index is 12.7. The number of ether oxygens (including phenoxy) is 1. The molecule has 5 nitrogen and oxygen atoms in total. The van der Waals surface area contributed by atoms with Gasteiger partial charge in [-0.1, -0.05) is 100.0 Å². The zero-order valence-electron chi connectivity index (χ0n) is 29.1. The zero-order chi connectivity index (χ0) is 31.7. The first-order valence-corrected chi connectivity index (χ1v) is 20.7. The van der Waals surface area contributed by atoms with Gasteiger partial charge in [-0.15, -0.1) is 12.4 Å². The maximum Gasteiger partial charge on any atom is 0.317 e. The summed E-state index contributed by atoms with van der Waals surface area (Å²) in [5.41, 5.74) is 7.89. The normalized spacial score (nSPS) is 32.9. The van der Waals surface area contributed by atoms with Crippen molar-refractivity contribution in [3.05, 3.63) is 11.6 Å². The molecule has 45 heavy (non-hydrogen) atoms. The van der Waals surface area contributed by atoms with E-state index >= 15 is 0 Å². The second-order valence-corrected chi connectivity index (χ2v) is 18.2. The number of fused-ring (bicyclic) bond motifs is 5. The molecule has 0 aromatic heterocycles. The summed E-state index contributed by atoms with van der Waals surface area (Å²) in [5.74, 6) is 5.63. The first-order chi connectivity index (χ1) is 21.1. The highest BCUT2D eigenvalue weighted by atomic mass is 35.5. The molecule has 1 amide bonds. The van der Waals surface area contributed by atoms with E-state index in [0.29, 0.717) is 23.5 Å². The van der Waals surface area contributed by atoms with Crippen LogP contribution in [-0.2, 0) is 14.3 Å². The van der Waals surface area contributed by atoms with Gasteiger partial charge in [0.25, 0.3) is 0 Å². The van der Waals surface area contributed by atoms with Crippen molar-refractivity contribution in [3.8, 4) is 0 Å². The molecule has 260 valence electrons. The number of carbonyl (C=O) groups is 2. The van der Waals surface area contributed by atoms with Gasteiger partial charge in [-0.2, -0.15) is 0 Å². The Morgan fingerprint density at radius 1 is 0.956 bits per heavy atom. The number of rotatable bonds is 17. The smallest absolute Gasteiger partial charge is 0.317 e. The molecule has 0 heterocycles. The van der Waals surface area contributed by atoms with Gasteiger partial charge in [0.2, 0.25) is 5.91 Å². The Balaban J connectivity index is 0.00000552. The van der Waals surface area contributed by atoms with Gasteiger partial charge in [-0.3, -0.25) is 9.59 Å². The highest BCUT2D eigenvalue weighted by molar-refractivity contribution is 8.77. The van der Waals surface area contributed by atoms with Crippen molar-refractivity contribution in [2.45, 2.75) is 137 Å². The fraction of sp³-hybridized carbons (Fsp3) is 0.892. The molecule has 0 aliphatic heterocycles. The Morgan fingerprint density at radius 2 is 1.71 bits per heavy atom. The quantitative estimate of drug-likeness (QED) is 0.0688. The van der Waals surface area contributed by atoms with E-state index < -0.39 is 0 Å². The molecular formula is C37H65ClN2O3S2. The molecule has 0 aromatic rings. The van der Waals surface area contributed by atoms with Gasteiger partial charge in [0.1, 0.15) is 11.9 Å². The van der Waals surface area contributed by atoms with Crippen molar-refractivity contribution in [1.82, 2.24) is 5.32 Å². The average molecular weight is 686 g/mol. The molecule has 3 fully saturated rings. The van der Waals surface area contributed by atoms with Crippen LogP contribution in [0.25, 0.3) is 0 Å². The molecule has 3 saturated carbocycles. The van der Waals surface area contributed by atoms with Gasteiger partial charge in [0.15, 0.2) is 0 Å². The third-order valence-corrected chi connectivity index (χ3v) is 14.6. The topological polar surface area (TPSA) is 81.4 Å². The molecule has 4 rings (SSSR count). The molecule has 0 aromatic carbocycles. The third-order valence-electron chi connectivity index (χ3n) is 12.5. The molecular weight excluding hydrogens is 620 g/mol. The largest absolute Gasteiger partial charge is 0.461 e. The number of hydrogen-bond donors (Lipinski definition) is 2. The van der Waals surface area contributed by atoms with Crippen molar-refractivity contribution < 1.29 is 14.3 Å². The van der Waals surface area contributed by atoms with Gasteiger partial charge in [-0.05, 0) is 111 Å². The lowest BCUT2D eigenvalue weighted by Gasteiger charge is -2.58. The fourth-order valence-electron chi connectivity index (χ4n) is 10.1. The van der Waals surface area contributed by atoms with Crippen LogP contribution in [0.1, 0.15) is 131 Å². The van der Waals surface area contributed by atoms with Gasteiger partial charge in [0.05, 0.1) is 5.75 Å². The fourth-order valence-corrected chi connectivity index (χ4v) is 11.7. The van der Waals surface area contributed by atoms with Crippen LogP contribution in [0.5, 0.6) is 0 Å². The molecule has 0 radical (unpaired) electrons. The Morgan fingerprint density at radius 3 is 2.47 bits per heavy atom. The van der Waals surface area contributed by atoms with Crippen molar-refractivity contribution in [2.75, 3.05) is 24.6 Å². The number of unbranched alkanes of at least 4 members (excludes halogenated alkanes) is 3. The van der Waals surface area contributed by atoms with E-state index in [1.54, 1.807) is 5.57 Å². The van der Waals surface area contributed by atoms with E-state index in [2.05, 4.69) is 46.0 Å². The number of amides is 1.